The normalized spacial score (nSPS) is 10.3. The molecule has 0 saturated carbocycles. The summed E-state index contributed by atoms with van der Waals surface area (Å²) in [6, 6.07) is 8.98. The van der Waals surface area contributed by atoms with Crippen molar-refractivity contribution in [2.24, 2.45) is 0 Å². The molecule has 0 atom stereocenters. The van der Waals surface area contributed by atoms with Crippen LogP contribution in [0.25, 0.3) is 10.9 Å². The van der Waals surface area contributed by atoms with Crippen LogP contribution in [0.15, 0.2) is 53.8 Å². The highest BCUT2D eigenvalue weighted by atomic mass is 35.5. The first-order valence-electron chi connectivity index (χ1n) is 6.53. The molecule has 5 nitrogen and oxygen atoms in total. The minimum absolute atomic E-state index is 0. The molecule has 0 aliphatic rings. The maximum absolute atomic E-state index is 11.2. The highest BCUT2D eigenvalue weighted by Crippen LogP contribution is 2.18. The second kappa shape index (κ2) is 6.95. The lowest BCUT2D eigenvalue weighted by Gasteiger charge is -2.07. The number of halogens is 1. The lowest BCUT2D eigenvalue weighted by molar-refractivity contribution is 0.302. The number of hydrogen-bond acceptors (Lipinski definition) is 3. The molecule has 2 aromatic heterocycles. The lowest BCUT2D eigenvalue weighted by Crippen LogP contribution is -2.04. The van der Waals surface area contributed by atoms with Crippen molar-refractivity contribution in [2.75, 3.05) is 6.61 Å². The summed E-state index contributed by atoms with van der Waals surface area (Å²) in [6.45, 7) is 1.54. The van der Waals surface area contributed by atoms with Crippen LogP contribution in [0.5, 0.6) is 5.75 Å². The molecule has 6 heteroatoms. The molecule has 0 unspecified atom stereocenters. The van der Waals surface area contributed by atoms with Gasteiger partial charge in [0.2, 0.25) is 5.56 Å². The van der Waals surface area contributed by atoms with E-state index >= 15 is 0 Å². The molecular weight excluding hydrogens is 290 g/mol. The van der Waals surface area contributed by atoms with Gasteiger partial charge in [-0.25, -0.2) is 4.98 Å². The first-order valence-corrected chi connectivity index (χ1v) is 6.53. The quantitative estimate of drug-likeness (QED) is 0.737. The van der Waals surface area contributed by atoms with E-state index in [2.05, 4.69) is 9.97 Å². The molecule has 0 aliphatic carbocycles. The van der Waals surface area contributed by atoms with Gasteiger partial charge in [0.25, 0.3) is 0 Å². The Labute approximate surface area is 128 Å². The molecule has 3 aromatic rings. The van der Waals surface area contributed by atoms with Crippen molar-refractivity contribution >= 4 is 23.3 Å². The van der Waals surface area contributed by atoms with Crippen molar-refractivity contribution in [1.82, 2.24) is 14.5 Å². The second-order valence-corrected chi connectivity index (χ2v) is 4.57. The summed E-state index contributed by atoms with van der Waals surface area (Å²) in [4.78, 5) is 18.0. The molecule has 0 saturated heterocycles. The van der Waals surface area contributed by atoms with Gasteiger partial charge in [0, 0.05) is 35.9 Å². The molecule has 3 rings (SSSR count). The van der Waals surface area contributed by atoms with Gasteiger partial charge in [0.05, 0.1) is 12.9 Å². The van der Waals surface area contributed by atoms with Gasteiger partial charge < -0.3 is 14.3 Å². The van der Waals surface area contributed by atoms with Crippen LogP contribution < -0.4 is 10.3 Å². The van der Waals surface area contributed by atoms with Gasteiger partial charge in [-0.2, -0.15) is 0 Å². The molecule has 0 spiro atoms. The van der Waals surface area contributed by atoms with Crippen LogP contribution in [0, 0.1) is 0 Å². The highest BCUT2D eigenvalue weighted by molar-refractivity contribution is 5.85. The van der Waals surface area contributed by atoms with Crippen LogP contribution in [-0.2, 0) is 6.54 Å². The van der Waals surface area contributed by atoms with Gasteiger partial charge >= 0.3 is 0 Å². The first-order chi connectivity index (χ1) is 9.81. The SMILES string of the molecule is Cl.O=c1ccc2cc(OCCCn3ccnc3)ccc2[nH]1. The maximum Gasteiger partial charge on any atom is 0.248 e. The van der Waals surface area contributed by atoms with Crippen LogP contribution in [0.2, 0.25) is 0 Å². The molecule has 110 valence electrons. The van der Waals surface area contributed by atoms with Crippen molar-refractivity contribution in [3.8, 4) is 5.75 Å². The predicted molar refractivity (Wildman–Crippen MR) is 84.2 cm³/mol. The number of imidazole rings is 1. The third-order valence-electron chi connectivity index (χ3n) is 3.08. The van der Waals surface area contributed by atoms with E-state index in [0.717, 1.165) is 29.6 Å². The Bertz CT molecular complexity index is 753. The van der Waals surface area contributed by atoms with Gasteiger partial charge in [-0.1, -0.05) is 0 Å². The number of nitrogens with one attached hydrogen (secondary N) is 1. The van der Waals surface area contributed by atoms with Gasteiger partial charge in [0.1, 0.15) is 5.75 Å². The van der Waals surface area contributed by atoms with E-state index in [0.29, 0.717) is 6.61 Å². The largest absolute Gasteiger partial charge is 0.494 e. The summed E-state index contributed by atoms with van der Waals surface area (Å²) in [6.07, 6.45) is 6.42. The molecule has 1 aromatic carbocycles. The Balaban J connectivity index is 0.00000161. The zero-order valence-electron chi connectivity index (χ0n) is 11.4. The molecule has 0 fully saturated rings. The highest BCUT2D eigenvalue weighted by Gasteiger charge is 1.99. The summed E-state index contributed by atoms with van der Waals surface area (Å²) in [5.74, 6) is 0.815. The second-order valence-electron chi connectivity index (χ2n) is 4.57. The van der Waals surface area contributed by atoms with Crippen LogP contribution in [-0.4, -0.2) is 21.1 Å². The van der Waals surface area contributed by atoms with Gasteiger partial charge in [0.15, 0.2) is 0 Å². The van der Waals surface area contributed by atoms with Crippen LogP contribution in [0.4, 0.5) is 0 Å². The van der Waals surface area contributed by atoms with Crippen molar-refractivity contribution in [2.45, 2.75) is 13.0 Å². The number of pyridine rings is 1. The number of aryl methyl sites for hydroxylation is 1. The first kappa shape index (κ1) is 15.1. The minimum atomic E-state index is -0.0912. The van der Waals surface area contributed by atoms with Crippen molar-refractivity contribution in [3.63, 3.8) is 0 Å². The molecule has 0 bridgehead atoms. The number of ether oxygens (including phenoxy) is 1. The van der Waals surface area contributed by atoms with E-state index in [1.54, 1.807) is 18.6 Å². The third kappa shape index (κ3) is 3.86. The fraction of sp³-hybridized carbons (Fsp3) is 0.200. The molecular formula is C15H16ClN3O2. The third-order valence-corrected chi connectivity index (χ3v) is 3.08. The molecule has 21 heavy (non-hydrogen) atoms. The number of H-pyrrole nitrogens is 1. The molecule has 2 heterocycles. The van der Waals surface area contributed by atoms with Crippen molar-refractivity contribution in [1.29, 1.82) is 0 Å². The Morgan fingerprint density at radius 1 is 1.24 bits per heavy atom. The van der Waals surface area contributed by atoms with Crippen LogP contribution in [0.1, 0.15) is 6.42 Å². The van der Waals surface area contributed by atoms with Crippen LogP contribution in [0.3, 0.4) is 0 Å². The van der Waals surface area contributed by atoms with Crippen molar-refractivity contribution in [3.05, 3.63) is 59.4 Å². The van der Waals surface area contributed by atoms with Gasteiger partial charge in [-0.15, -0.1) is 12.4 Å². The predicted octanol–water partition coefficient (Wildman–Crippen LogP) is 2.62. The number of hydrogen-bond donors (Lipinski definition) is 1. The smallest absolute Gasteiger partial charge is 0.248 e. The van der Waals surface area contributed by atoms with Crippen molar-refractivity contribution < 1.29 is 4.74 Å². The summed E-state index contributed by atoms with van der Waals surface area (Å²) < 4.78 is 7.74. The topological polar surface area (TPSA) is 59.9 Å². The lowest BCUT2D eigenvalue weighted by atomic mass is 10.2. The number of aromatic nitrogens is 3. The van der Waals surface area contributed by atoms with E-state index in [1.165, 1.54) is 6.07 Å². The monoisotopic (exact) mass is 305 g/mol. The average Bonchev–Trinajstić information content (AvgIpc) is 2.97. The molecule has 0 aliphatic heterocycles. The zero-order valence-corrected chi connectivity index (χ0v) is 12.2. The average molecular weight is 306 g/mol. The number of nitrogens with zero attached hydrogens (tertiary/aromatic N) is 2. The Hall–Kier alpha value is -2.27. The minimum Gasteiger partial charge on any atom is -0.494 e. The fourth-order valence-electron chi connectivity index (χ4n) is 2.08. The summed E-state index contributed by atoms with van der Waals surface area (Å²) in [5.41, 5.74) is 0.731. The molecule has 0 radical (unpaired) electrons. The van der Waals surface area contributed by atoms with Gasteiger partial charge in [-0.3, -0.25) is 4.79 Å². The van der Waals surface area contributed by atoms with Gasteiger partial charge in [-0.05, 0) is 30.7 Å². The fourth-order valence-corrected chi connectivity index (χ4v) is 2.08. The zero-order chi connectivity index (χ0) is 13.8. The van der Waals surface area contributed by atoms with E-state index in [4.69, 9.17) is 4.74 Å². The Kier molecular flexibility index (Phi) is 5.00. The van der Waals surface area contributed by atoms with E-state index in [1.807, 2.05) is 29.0 Å². The molecule has 1 N–H and O–H groups in total. The standard InChI is InChI=1S/C15H15N3O2.ClH/c19-15-5-2-12-10-13(3-4-14(12)17-15)20-9-1-7-18-8-6-16-11-18;/h2-6,8,10-11H,1,7,9H2,(H,17,19);1H. The number of benzene rings is 1. The van der Waals surface area contributed by atoms with E-state index in [9.17, 15) is 4.79 Å². The summed E-state index contributed by atoms with van der Waals surface area (Å²) in [5, 5.41) is 0.969. The van der Waals surface area contributed by atoms with E-state index in [-0.39, 0.29) is 18.0 Å². The molecule has 0 amide bonds. The maximum atomic E-state index is 11.2. The van der Waals surface area contributed by atoms with E-state index < -0.39 is 0 Å². The Morgan fingerprint density at radius 2 is 2.14 bits per heavy atom. The number of aromatic amines is 1. The number of rotatable bonds is 5. The van der Waals surface area contributed by atoms with Crippen LogP contribution >= 0.6 is 12.4 Å². The number of fused-ring (bicyclic) bond motifs is 1. The Morgan fingerprint density at radius 3 is 2.95 bits per heavy atom. The summed E-state index contributed by atoms with van der Waals surface area (Å²) >= 11 is 0. The summed E-state index contributed by atoms with van der Waals surface area (Å²) in [7, 11) is 0.